The normalized spacial score (nSPS) is 13.5. The fraction of sp³-hybridized carbons (Fsp3) is 0.438. The number of rotatable bonds is 14. The van der Waals surface area contributed by atoms with E-state index in [1.54, 1.807) is 71.9 Å². The van der Waals surface area contributed by atoms with E-state index in [-0.39, 0.29) is 35.9 Å². The summed E-state index contributed by atoms with van der Waals surface area (Å²) < 4.78 is 87.9. The fourth-order valence-corrected chi connectivity index (χ4v) is 8.42. The molecule has 0 aliphatic heterocycles. The van der Waals surface area contributed by atoms with Crippen molar-refractivity contribution in [1.82, 2.24) is 0 Å². The van der Waals surface area contributed by atoms with Crippen molar-refractivity contribution in [3.63, 3.8) is 0 Å². The Bertz CT molecular complexity index is 1840. The zero-order valence-corrected chi connectivity index (χ0v) is 28.7. The predicted molar refractivity (Wildman–Crippen MR) is 170 cm³/mol. The maximum Gasteiger partial charge on any atom is 0.519 e. The highest BCUT2D eigenvalue weighted by Crippen LogP contribution is 2.58. The van der Waals surface area contributed by atoms with E-state index in [0.717, 1.165) is 5.56 Å². The molecule has 4 rings (SSSR count). The Morgan fingerprint density at radius 1 is 0.766 bits per heavy atom. The molecule has 0 aliphatic rings. The molecule has 2 aromatic heterocycles. The van der Waals surface area contributed by atoms with Gasteiger partial charge in [0, 0.05) is 10.8 Å². The Morgan fingerprint density at radius 2 is 1.28 bits per heavy atom. The van der Waals surface area contributed by atoms with Gasteiger partial charge in [0.1, 0.15) is 24.7 Å². The molecule has 0 saturated heterocycles. The molecule has 2 aromatic carbocycles. The van der Waals surface area contributed by atoms with Crippen molar-refractivity contribution in [2.45, 2.75) is 89.8 Å². The number of benzene rings is 2. The minimum absolute atomic E-state index is 0.0888. The molecule has 47 heavy (non-hydrogen) atoms. The van der Waals surface area contributed by atoms with Crippen LogP contribution < -0.4 is 16.4 Å². The van der Waals surface area contributed by atoms with E-state index in [4.69, 9.17) is 31.5 Å². The van der Waals surface area contributed by atoms with Crippen LogP contribution in [0.1, 0.15) is 83.0 Å². The molecular formula is C32H39O13PS. The second-order valence-electron chi connectivity index (χ2n) is 12.9. The van der Waals surface area contributed by atoms with E-state index in [1.165, 1.54) is 0 Å². The summed E-state index contributed by atoms with van der Waals surface area (Å²) in [6.45, 7) is 9.01. The van der Waals surface area contributed by atoms with Crippen LogP contribution in [-0.4, -0.2) is 18.0 Å². The smallest absolute Gasteiger partial charge is 0.457 e. The zero-order valence-electron chi connectivity index (χ0n) is 27.0. The molecule has 1 unspecified atom stereocenters. The van der Waals surface area contributed by atoms with Crippen LogP contribution in [0.5, 0.6) is 11.5 Å². The second-order valence-corrected chi connectivity index (χ2v) is 17.1. The molecule has 0 saturated carbocycles. The van der Waals surface area contributed by atoms with Gasteiger partial charge in [0.15, 0.2) is 28.0 Å². The molecule has 0 fully saturated rings. The number of hydrogen-bond donors (Lipinski definition) is 1. The molecular weight excluding hydrogens is 655 g/mol. The lowest BCUT2D eigenvalue weighted by Crippen LogP contribution is -2.24. The summed E-state index contributed by atoms with van der Waals surface area (Å²) in [5, 5.41) is 0. The lowest BCUT2D eigenvalue weighted by molar-refractivity contribution is 0.163. The van der Waals surface area contributed by atoms with Crippen LogP contribution in [0.2, 0.25) is 0 Å². The third-order valence-corrected chi connectivity index (χ3v) is 11.3. The van der Waals surface area contributed by atoms with Crippen LogP contribution in [-0.2, 0) is 54.2 Å². The van der Waals surface area contributed by atoms with Gasteiger partial charge in [-0.3, -0.25) is 18.2 Å². The third-order valence-electron chi connectivity index (χ3n) is 6.89. The van der Waals surface area contributed by atoms with Gasteiger partial charge >= 0.3 is 19.2 Å². The Hall–Kier alpha value is -3.68. The average Bonchev–Trinajstić information content (AvgIpc) is 3.55. The summed E-state index contributed by atoms with van der Waals surface area (Å²) in [5.74, 6) is -0.978. The van der Waals surface area contributed by atoms with Gasteiger partial charge in [-0.15, -0.1) is 0 Å². The van der Waals surface area contributed by atoms with Crippen LogP contribution in [0.15, 0.2) is 81.9 Å². The standard InChI is InChI=1S/C32H39O13PS/c1-31(2,3)27-24(42-29(33)44-27)19-39-46(35,40-20-25-28(32(4,5)6)45-30(34)43-25)26(47(36,37)38)17-11-13-21-12-10-16-23(18-21)41-22-14-8-7-9-15-22/h7-10,12,14-16,18,26H,11,13,17,19-20H2,1-6H3,(H,36,37,38). The highest BCUT2D eigenvalue weighted by molar-refractivity contribution is 7.94. The van der Waals surface area contributed by atoms with Crippen molar-refractivity contribution in [3.05, 3.63) is 104 Å². The highest BCUT2D eigenvalue weighted by atomic mass is 32.2. The van der Waals surface area contributed by atoms with Crippen molar-refractivity contribution in [2.24, 2.45) is 0 Å². The van der Waals surface area contributed by atoms with E-state index in [0.29, 0.717) is 17.9 Å². The number of hydrogen-bond acceptors (Lipinski definition) is 12. The lowest BCUT2D eigenvalue weighted by atomic mass is 9.92. The molecule has 2 heterocycles. The van der Waals surface area contributed by atoms with Gasteiger partial charge < -0.3 is 22.4 Å². The molecule has 15 heteroatoms. The molecule has 13 nitrogen and oxygen atoms in total. The summed E-state index contributed by atoms with van der Waals surface area (Å²) in [6, 6.07) is 16.3. The molecule has 0 spiro atoms. The molecule has 0 radical (unpaired) electrons. The topological polar surface area (TPSA) is 186 Å². The largest absolute Gasteiger partial charge is 0.519 e. The van der Waals surface area contributed by atoms with Crippen molar-refractivity contribution < 1.29 is 49.0 Å². The minimum atomic E-state index is -5.07. The lowest BCUT2D eigenvalue weighted by Gasteiger charge is -2.25. The van der Waals surface area contributed by atoms with Crippen LogP contribution in [0.3, 0.4) is 0 Å². The maximum atomic E-state index is 14.4. The molecule has 0 aliphatic carbocycles. The predicted octanol–water partition coefficient (Wildman–Crippen LogP) is 7.33. The van der Waals surface area contributed by atoms with Crippen LogP contribution in [0.25, 0.3) is 0 Å². The Morgan fingerprint density at radius 3 is 1.77 bits per heavy atom. The van der Waals surface area contributed by atoms with Crippen molar-refractivity contribution in [2.75, 3.05) is 0 Å². The van der Waals surface area contributed by atoms with E-state index >= 15 is 0 Å². The van der Waals surface area contributed by atoms with Gasteiger partial charge in [-0.2, -0.15) is 8.42 Å². The summed E-state index contributed by atoms with van der Waals surface area (Å²) >= 11 is 0. The summed E-state index contributed by atoms with van der Waals surface area (Å²) in [7, 11) is -9.93. The van der Waals surface area contributed by atoms with Crippen molar-refractivity contribution in [3.8, 4) is 11.5 Å². The second kappa shape index (κ2) is 14.2. The van der Waals surface area contributed by atoms with E-state index in [2.05, 4.69) is 0 Å². The van der Waals surface area contributed by atoms with E-state index in [1.807, 2.05) is 24.3 Å². The Balaban J connectivity index is 1.60. The van der Waals surface area contributed by atoms with Gasteiger partial charge in [0.25, 0.3) is 10.1 Å². The zero-order chi connectivity index (χ0) is 34.6. The van der Waals surface area contributed by atoms with Crippen LogP contribution >= 0.6 is 7.60 Å². The molecule has 256 valence electrons. The highest BCUT2D eigenvalue weighted by Gasteiger charge is 2.46. The first-order valence-electron chi connectivity index (χ1n) is 14.8. The number of aryl methyl sites for hydroxylation is 1. The van der Waals surface area contributed by atoms with Gasteiger partial charge in [-0.25, -0.2) is 9.59 Å². The average molecular weight is 695 g/mol. The number of para-hydroxylation sites is 1. The molecule has 1 atom stereocenters. The van der Waals surface area contributed by atoms with Gasteiger partial charge in [0.2, 0.25) is 0 Å². The molecule has 1 N–H and O–H groups in total. The van der Waals surface area contributed by atoms with Gasteiger partial charge in [-0.05, 0) is 49.1 Å². The molecule has 0 amide bonds. The Kier molecular flexibility index (Phi) is 10.9. The SMILES string of the molecule is CC(C)(C)c1oc(=O)oc1COP(=O)(OCc1oc(=O)oc1C(C)(C)C)C(CCCc1cccc(Oc2ccccc2)c1)S(=O)(=O)O. The van der Waals surface area contributed by atoms with Crippen molar-refractivity contribution in [1.29, 1.82) is 0 Å². The third kappa shape index (κ3) is 9.68. The summed E-state index contributed by atoms with van der Waals surface area (Å²) in [5.41, 5.74) is -0.688. The maximum absolute atomic E-state index is 14.4. The van der Waals surface area contributed by atoms with Gasteiger partial charge in [-0.1, -0.05) is 71.9 Å². The summed E-state index contributed by atoms with van der Waals surface area (Å²) in [4.78, 5) is 21.8. The molecule has 4 aromatic rings. The first-order valence-corrected chi connectivity index (χ1v) is 17.9. The quantitative estimate of drug-likeness (QED) is 0.102. The van der Waals surface area contributed by atoms with Crippen molar-refractivity contribution >= 4 is 17.7 Å². The Labute approximate surface area is 272 Å². The first-order chi connectivity index (χ1) is 21.8. The molecule has 0 bridgehead atoms. The van der Waals surface area contributed by atoms with Crippen LogP contribution in [0.4, 0.5) is 0 Å². The van der Waals surface area contributed by atoms with Gasteiger partial charge in [0.05, 0.1) is 0 Å². The minimum Gasteiger partial charge on any atom is -0.457 e. The number of ether oxygens (including phenoxy) is 1. The monoisotopic (exact) mass is 694 g/mol. The summed E-state index contributed by atoms with van der Waals surface area (Å²) in [6.07, 6.45) is 0.0778. The van der Waals surface area contributed by atoms with E-state index in [9.17, 15) is 27.1 Å². The first kappa shape index (κ1) is 36.2. The van der Waals surface area contributed by atoms with Crippen LogP contribution in [0, 0.1) is 0 Å². The van der Waals surface area contributed by atoms with E-state index < -0.39 is 58.4 Å². The fourth-order valence-electron chi connectivity index (χ4n) is 4.79.